The Labute approximate surface area is 86.4 Å². The minimum Gasteiger partial charge on any atom is -0.275 e. The molecule has 0 aromatic rings. The van der Waals surface area contributed by atoms with Crippen LogP contribution in [0, 0.1) is 11.3 Å². The van der Waals surface area contributed by atoms with Crippen LogP contribution in [0.3, 0.4) is 0 Å². The van der Waals surface area contributed by atoms with Crippen LogP contribution < -0.4 is 0 Å². The standard InChI is InChI=1S/C9H9N3O3/c1-6(13)11-4-8(3-10)5-12(7(2)14)9(11)15/h4H,5H2,1-2H3. The summed E-state index contributed by atoms with van der Waals surface area (Å²) in [5, 5.41) is 8.67. The van der Waals surface area contributed by atoms with Crippen LogP contribution in [0.4, 0.5) is 4.79 Å². The lowest BCUT2D eigenvalue weighted by Gasteiger charge is -2.28. The average Bonchev–Trinajstić information content (AvgIpc) is 2.17. The monoisotopic (exact) mass is 207 g/mol. The molecule has 0 radical (unpaired) electrons. The van der Waals surface area contributed by atoms with Crippen molar-refractivity contribution in [2.24, 2.45) is 0 Å². The summed E-state index contributed by atoms with van der Waals surface area (Å²) in [4.78, 5) is 35.2. The highest BCUT2D eigenvalue weighted by atomic mass is 16.2. The van der Waals surface area contributed by atoms with Crippen molar-refractivity contribution in [2.75, 3.05) is 6.54 Å². The summed E-state index contributed by atoms with van der Waals surface area (Å²) in [5.74, 6) is -1.02. The molecule has 1 heterocycles. The Bertz CT molecular complexity index is 405. The molecule has 0 aromatic heterocycles. The number of hydrogen-bond donors (Lipinski definition) is 0. The van der Waals surface area contributed by atoms with Gasteiger partial charge in [0.2, 0.25) is 11.8 Å². The first kappa shape index (κ1) is 10.9. The van der Waals surface area contributed by atoms with E-state index in [-0.39, 0.29) is 12.1 Å². The average molecular weight is 207 g/mol. The van der Waals surface area contributed by atoms with Crippen LogP contribution in [0.1, 0.15) is 13.8 Å². The first-order chi connectivity index (χ1) is 6.97. The van der Waals surface area contributed by atoms with Gasteiger partial charge in [-0.05, 0) is 0 Å². The molecule has 0 bridgehead atoms. The topological polar surface area (TPSA) is 81.5 Å². The Kier molecular flexibility index (Phi) is 2.85. The first-order valence-electron chi connectivity index (χ1n) is 4.20. The molecule has 6 heteroatoms. The van der Waals surface area contributed by atoms with Crippen LogP contribution in [0.2, 0.25) is 0 Å². The number of urea groups is 1. The van der Waals surface area contributed by atoms with Crippen molar-refractivity contribution < 1.29 is 14.4 Å². The number of rotatable bonds is 0. The van der Waals surface area contributed by atoms with Gasteiger partial charge in [0.25, 0.3) is 0 Å². The number of hydrogen-bond acceptors (Lipinski definition) is 4. The van der Waals surface area contributed by atoms with Gasteiger partial charge in [-0.1, -0.05) is 0 Å². The molecule has 1 rings (SSSR count). The molecule has 0 spiro atoms. The highest BCUT2D eigenvalue weighted by Gasteiger charge is 2.31. The van der Waals surface area contributed by atoms with Gasteiger partial charge in [0, 0.05) is 20.0 Å². The number of nitriles is 1. The van der Waals surface area contributed by atoms with E-state index in [2.05, 4.69) is 0 Å². The van der Waals surface area contributed by atoms with Gasteiger partial charge in [-0.3, -0.25) is 14.5 Å². The minimum absolute atomic E-state index is 0.0750. The smallest absolute Gasteiger partial charge is 0.275 e. The largest absolute Gasteiger partial charge is 0.337 e. The second-order valence-electron chi connectivity index (χ2n) is 3.04. The predicted molar refractivity (Wildman–Crippen MR) is 49.0 cm³/mol. The summed E-state index contributed by atoms with van der Waals surface area (Å²) in [6.45, 7) is 2.32. The van der Waals surface area contributed by atoms with Crippen molar-refractivity contribution in [2.45, 2.75) is 13.8 Å². The van der Waals surface area contributed by atoms with Gasteiger partial charge in [0.05, 0.1) is 18.2 Å². The van der Waals surface area contributed by atoms with Gasteiger partial charge in [-0.2, -0.15) is 5.26 Å². The molecule has 4 amide bonds. The van der Waals surface area contributed by atoms with Gasteiger partial charge in [0.15, 0.2) is 0 Å². The Balaban J connectivity index is 3.10. The molecule has 0 N–H and O–H groups in total. The van der Waals surface area contributed by atoms with E-state index in [9.17, 15) is 14.4 Å². The maximum Gasteiger partial charge on any atom is 0.337 e. The lowest BCUT2D eigenvalue weighted by molar-refractivity contribution is -0.128. The Hall–Kier alpha value is -2.16. The molecule has 1 aliphatic rings. The van der Waals surface area contributed by atoms with Gasteiger partial charge >= 0.3 is 6.03 Å². The van der Waals surface area contributed by atoms with Crippen LogP contribution in [-0.2, 0) is 9.59 Å². The van der Waals surface area contributed by atoms with Crippen LogP contribution in [0.5, 0.6) is 0 Å². The highest BCUT2D eigenvalue weighted by molar-refractivity contribution is 6.03. The highest BCUT2D eigenvalue weighted by Crippen LogP contribution is 2.13. The third kappa shape index (κ3) is 2.02. The van der Waals surface area contributed by atoms with Crippen LogP contribution >= 0.6 is 0 Å². The van der Waals surface area contributed by atoms with Gasteiger partial charge in [-0.15, -0.1) is 0 Å². The van der Waals surface area contributed by atoms with Crippen molar-refractivity contribution >= 4 is 17.8 Å². The predicted octanol–water partition coefficient (Wildman–Crippen LogP) is 0.224. The van der Waals surface area contributed by atoms with Crippen LogP contribution in [-0.4, -0.2) is 34.2 Å². The Morgan fingerprint density at radius 2 is 2.00 bits per heavy atom. The molecule has 0 unspecified atom stereocenters. The van der Waals surface area contributed by atoms with Gasteiger partial charge in [0.1, 0.15) is 0 Å². The molecule has 78 valence electrons. The molecule has 0 aromatic carbocycles. The number of amides is 4. The van der Waals surface area contributed by atoms with E-state index >= 15 is 0 Å². The second-order valence-corrected chi connectivity index (χ2v) is 3.04. The zero-order valence-electron chi connectivity index (χ0n) is 8.35. The molecular weight excluding hydrogens is 198 g/mol. The van der Waals surface area contributed by atoms with Gasteiger partial charge in [-0.25, -0.2) is 9.69 Å². The quantitative estimate of drug-likeness (QED) is 0.569. The van der Waals surface area contributed by atoms with E-state index in [0.717, 1.165) is 16.0 Å². The summed E-state index contributed by atoms with van der Waals surface area (Å²) >= 11 is 0. The molecule has 6 nitrogen and oxygen atoms in total. The summed E-state index contributed by atoms with van der Waals surface area (Å²) in [5.41, 5.74) is 0.194. The maximum atomic E-state index is 11.5. The van der Waals surface area contributed by atoms with Crippen LogP contribution in [0.15, 0.2) is 11.8 Å². The zero-order valence-corrected chi connectivity index (χ0v) is 8.35. The maximum absolute atomic E-state index is 11.5. The lowest BCUT2D eigenvalue weighted by atomic mass is 10.2. The zero-order chi connectivity index (χ0) is 11.6. The fourth-order valence-corrected chi connectivity index (χ4v) is 1.16. The third-order valence-corrected chi connectivity index (χ3v) is 1.91. The molecule has 0 saturated heterocycles. The van der Waals surface area contributed by atoms with Crippen molar-refractivity contribution in [1.29, 1.82) is 5.26 Å². The molecular formula is C9H9N3O3. The normalized spacial score (nSPS) is 15.8. The fourth-order valence-electron chi connectivity index (χ4n) is 1.16. The van der Waals surface area contributed by atoms with E-state index in [4.69, 9.17) is 5.26 Å². The van der Waals surface area contributed by atoms with E-state index in [1.54, 1.807) is 0 Å². The molecule has 1 aliphatic heterocycles. The van der Waals surface area contributed by atoms with Crippen molar-refractivity contribution in [3.8, 4) is 6.07 Å². The Morgan fingerprint density at radius 1 is 1.40 bits per heavy atom. The van der Waals surface area contributed by atoms with E-state index < -0.39 is 17.8 Å². The molecule has 0 fully saturated rings. The fraction of sp³-hybridized carbons (Fsp3) is 0.333. The number of imide groups is 2. The van der Waals surface area contributed by atoms with E-state index in [0.29, 0.717) is 0 Å². The number of carbonyl (C=O) groups excluding carboxylic acids is 3. The first-order valence-corrected chi connectivity index (χ1v) is 4.20. The Morgan fingerprint density at radius 3 is 2.40 bits per heavy atom. The minimum atomic E-state index is -0.714. The van der Waals surface area contributed by atoms with Gasteiger partial charge < -0.3 is 0 Å². The molecule has 0 atom stereocenters. The lowest BCUT2D eigenvalue weighted by Crippen LogP contribution is -2.49. The van der Waals surface area contributed by atoms with E-state index in [1.807, 2.05) is 6.07 Å². The second kappa shape index (κ2) is 3.92. The summed E-state index contributed by atoms with van der Waals surface area (Å²) < 4.78 is 0. The number of carbonyl (C=O) groups is 3. The summed E-state index contributed by atoms with van der Waals surface area (Å²) in [6, 6.07) is 1.10. The van der Waals surface area contributed by atoms with E-state index in [1.165, 1.54) is 13.8 Å². The SMILES string of the molecule is CC(=O)N1C=C(C#N)CN(C(C)=O)C1=O. The third-order valence-electron chi connectivity index (χ3n) is 1.91. The molecule has 15 heavy (non-hydrogen) atoms. The summed E-state index contributed by atoms with van der Waals surface area (Å²) in [6.07, 6.45) is 1.16. The summed E-state index contributed by atoms with van der Waals surface area (Å²) in [7, 11) is 0. The molecule has 0 saturated carbocycles. The van der Waals surface area contributed by atoms with Crippen molar-refractivity contribution in [3.63, 3.8) is 0 Å². The molecule has 0 aliphatic carbocycles. The van der Waals surface area contributed by atoms with Crippen LogP contribution in [0.25, 0.3) is 0 Å². The van der Waals surface area contributed by atoms with Crippen molar-refractivity contribution in [1.82, 2.24) is 9.80 Å². The number of nitrogens with zero attached hydrogens (tertiary/aromatic N) is 3. The van der Waals surface area contributed by atoms with Crippen molar-refractivity contribution in [3.05, 3.63) is 11.8 Å².